The Balaban J connectivity index is 1.60. The van der Waals surface area contributed by atoms with Gasteiger partial charge < -0.3 is 24.5 Å². The van der Waals surface area contributed by atoms with E-state index in [4.69, 9.17) is 14.3 Å². The van der Waals surface area contributed by atoms with Crippen molar-refractivity contribution in [2.45, 2.75) is 24.6 Å². The first-order chi connectivity index (χ1) is 13.0. The Labute approximate surface area is 156 Å². The van der Waals surface area contributed by atoms with Crippen LogP contribution in [0.5, 0.6) is 5.75 Å². The molecule has 3 aliphatic rings. The third kappa shape index (κ3) is 2.93. The number of oxazole rings is 1. The van der Waals surface area contributed by atoms with Gasteiger partial charge in [-0.3, -0.25) is 0 Å². The lowest BCUT2D eigenvalue weighted by atomic mass is 9.92. The Morgan fingerprint density at radius 3 is 2.81 bits per heavy atom. The predicted octanol–water partition coefficient (Wildman–Crippen LogP) is 2.47. The molecule has 142 valence electrons. The van der Waals surface area contributed by atoms with Gasteiger partial charge in [0, 0.05) is 36.8 Å². The number of anilines is 1. The normalized spacial score (nSPS) is 22.1. The van der Waals surface area contributed by atoms with Crippen LogP contribution in [-0.4, -0.2) is 53.0 Å². The number of piperidine rings is 1. The number of thiazole rings is 1. The molecule has 0 aliphatic carbocycles. The number of fused-ring (bicyclic) bond motifs is 3. The fourth-order valence-corrected chi connectivity index (χ4v) is 4.24. The molecule has 6 rings (SSSR count). The van der Waals surface area contributed by atoms with E-state index >= 15 is 0 Å². The molecule has 27 heavy (non-hydrogen) atoms. The van der Waals surface area contributed by atoms with E-state index in [-0.39, 0.29) is 11.3 Å². The first-order valence-electron chi connectivity index (χ1n) is 8.54. The van der Waals surface area contributed by atoms with Crippen LogP contribution in [0.25, 0.3) is 21.7 Å². The smallest absolute Gasteiger partial charge is 0.421 e. The number of nitrogens with zero attached hydrogens (tertiary/aromatic N) is 3. The number of alkyl halides is 2. The molecule has 2 aromatic heterocycles. The molecule has 2 unspecified atom stereocenters. The summed E-state index contributed by atoms with van der Waals surface area (Å²) in [5, 5.41) is 14.8. The minimum absolute atomic E-state index is 0.139. The maximum Gasteiger partial charge on any atom is 0.421 e. The Kier molecular flexibility index (Phi) is 3.81. The van der Waals surface area contributed by atoms with Gasteiger partial charge in [-0.05, 0) is 18.6 Å². The van der Waals surface area contributed by atoms with Crippen LogP contribution in [-0.2, 0) is 0 Å². The molecule has 7 nitrogen and oxygen atoms in total. The molecule has 10 heteroatoms. The lowest BCUT2D eigenvalue weighted by Crippen LogP contribution is -2.67. The van der Waals surface area contributed by atoms with Gasteiger partial charge >= 0.3 is 6.11 Å². The van der Waals surface area contributed by atoms with E-state index in [2.05, 4.69) is 15.3 Å². The summed E-state index contributed by atoms with van der Waals surface area (Å²) in [7, 11) is 0. The Morgan fingerprint density at radius 2 is 2.15 bits per heavy atom. The number of aromatic nitrogens is 2. The summed E-state index contributed by atoms with van der Waals surface area (Å²) in [6.07, 6.45) is -0.916. The maximum absolute atomic E-state index is 13.6. The van der Waals surface area contributed by atoms with Gasteiger partial charge in [-0.2, -0.15) is 13.8 Å². The highest BCUT2D eigenvalue weighted by Crippen LogP contribution is 2.39. The third-order valence-corrected chi connectivity index (χ3v) is 5.60. The number of aliphatic hydroxyl groups excluding tert-OH is 1. The van der Waals surface area contributed by atoms with Gasteiger partial charge in [0.25, 0.3) is 6.01 Å². The largest absolute Gasteiger partial charge is 0.428 e. The number of piperazine rings is 1. The van der Waals surface area contributed by atoms with E-state index in [0.29, 0.717) is 34.3 Å². The molecule has 2 bridgehead atoms. The van der Waals surface area contributed by atoms with Crippen LogP contribution in [0.4, 0.5) is 14.8 Å². The molecule has 3 saturated heterocycles. The highest BCUT2D eigenvalue weighted by molar-refractivity contribution is 7.13. The minimum atomic E-state index is -3.70. The highest BCUT2D eigenvalue weighted by atomic mass is 32.1. The summed E-state index contributed by atoms with van der Waals surface area (Å²) < 4.78 is 37.9. The molecule has 0 radical (unpaired) electrons. The number of hydrogen-bond acceptors (Lipinski definition) is 8. The number of ether oxygens (including phenoxy) is 1. The zero-order valence-corrected chi connectivity index (χ0v) is 14.9. The van der Waals surface area contributed by atoms with E-state index in [0.717, 1.165) is 19.5 Å². The molecular formula is C17H16F2N4O3S. The van der Waals surface area contributed by atoms with Crippen molar-refractivity contribution in [3.05, 3.63) is 23.7 Å². The Bertz CT molecular complexity index is 962. The standard InChI is InChI=1S/C17H16F2N4O3S/c18-17(19,8-24)26-12-2-1-11(15-20-3-4-27-15)14-13(12)22-16(25-14)23-6-9-5-10(7-23)21-9/h1-4,9-10,21,24H,5-8H2. The summed E-state index contributed by atoms with van der Waals surface area (Å²) in [4.78, 5) is 10.7. The van der Waals surface area contributed by atoms with E-state index in [1.54, 1.807) is 12.3 Å². The average molecular weight is 394 g/mol. The molecular weight excluding hydrogens is 378 g/mol. The van der Waals surface area contributed by atoms with E-state index < -0.39 is 12.7 Å². The van der Waals surface area contributed by atoms with Gasteiger partial charge in [-0.15, -0.1) is 11.3 Å². The van der Waals surface area contributed by atoms with Crippen LogP contribution in [0.3, 0.4) is 0 Å². The molecule has 3 aromatic rings. The fourth-order valence-electron chi connectivity index (χ4n) is 3.58. The van der Waals surface area contributed by atoms with Crippen molar-refractivity contribution in [3.63, 3.8) is 0 Å². The average Bonchev–Trinajstić information content (AvgIpc) is 3.31. The molecule has 2 N–H and O–H groups in total. The van der Waals surface area contributed by atoms with Crippen molar-refractivity contribution in [1.82, 2.24) is 15.3 Å². The molecule has 0 amide bonds. The van der Waals surface area contributed by atoms with Gasteiger partial charge in [-0.1, -0.05) is 0 Å². The zero-order chi connectivity index (χ0) is 18.6. The quantitative estimate of drug-likeness (QED) is 0.688. The van der Waals surface area contributed by atoms with Crippen molar-refractivity contribution in [1.29, 1.82) is 0 Å². The lowest BCUT2D eigenvalue weighted by molar-refractivity contribution is -0.200. The second kappa shape index (κ2) is 6.11. The van der Waals surface area contributed by atoms with E-state index in [9.17, 15) is 8.78 Å². The van der Waals surface area contributed by atoms with Crippen LogP contribution in [0, 0.1) is 0 Å². The summed E-state index contributed by atoms with van der Waals surface area (Å²) in [6, 6.07) is 4.19. The highest BCUT2D eigenvalue weighted by Gasteiger charge is 2.38. The van der Waals surface area contributed by atoms with Gasteiger partial charge in [0.15, 0.2) is 16.8 Å². The molecule has 2 atom stereocenters. The first kappa shape index (κ1) is 16.8. The first-order valence-corrected chi connectivity index (χ1v) is 9.42. The summed E-state index contributed by atoms with van der Waals surface area (Å²) in [5.41, 5.74) is 1.20. The van der Waals surface area contributed by atoms with Crippen LogP contribution in [0.2, 0.25) is 0 Å². The van der Waals surface area contributed by atoms with Crippen LogP contribution in [0.15, 0.2) is 28.1 Å². The summed E-state index contributed by atoms with van der Waals surface area (Å²) in [6.45, 7) is 0.0758. The molecule has 1 aromatic carbocycles. The fraction of sp³-hybridized carbons (Fsp3) is 0.412. The summed E-state index contributed by atoms with van der Waals surface area (Å²) in [5.74, 6) is -0.139. The van der Waals surface area contributed by atoms with Crippen LogP contribution >= 0.6 is 11.3 Å². The molecule has 0 spiro atoms. The number of hydrogen-bond donors (Lipinski definition) is 2. The SMILES string of the molecule is OCC(F)(F)Oc1ccc(-c2nccs2)c2oc(N3CC4CC(C3)N4)nc12. The lowest BCUT2D eigenvalue weighted by Gasteiger charge is -2.47. The Hall–Kier alpha value is -2.30. The van der Waals surface area contributed by atoms with Gasteiger partial charge in [-0.25, -0.2) is 4.98 Å². The van der Waals surface area contributed by atoms with Crippen LogP contribution in [0.1, 0.15) is 6.42 Å². The number of halogens is 2. The van der Waals surface area contributed by atoms with E-state index in [1.807, 2.05) is 10.3 Å². The molecule has 3 fully saturated rings. The van der Waals surface area contributed by atoms with Crippen molar-refractivity contribution in [2.75, 3.05) is 24.6 Å². The van der Waals surface area contributed by atoms with Crippen molar-refractivity contribution < 1.29 is 23.0 Å². The number of benzene rings is 1. The van der Waals surface area contributed by atoms with Crippen LogP contribution < -0.4 is 15.0 Å². The third-order valence-electron chi connectivity index (χ3n) is 4.79. The summed E-state index contributed by atoms with van der Waals surface area (Å²) >= 11 is 1.42. The van der Waals surface area contributed by atoms with Crippen molar-refractivity contribution >= 4 is 28.5 Å². The second-order valence-corrected chi connectivity index (χ2v) is 7.62. The second-order valence-electron chi connectivity index (χ2n) is 6.72. The Morgan fingerprint density at radius 1 is 1.37 bits per heavy atom. The zero-order valence-electron chi connectivity index (χ0n) is 14.1. The molecule has 5 heterocycles. The number of nitrogens with one attached hydrogen (secondary N) is 1. The van der Waals surface area contributed by atoms with E-state index in [1.165, 1.54) is 17.4 Å². The van der Waals surface area contributed by atoms with Gasteiger partial charge in [0.2, 0.25) is 0 Å². The van der Waals surface area contributed by atoms with Crippen molar-refractivity contribution in [3.8, 4) is 16.3 Å². The topological polar surface area (TPSA) is 83.7 Å². The van der Waals surface area contributed by atoms with Gasteiger partial charge in [0.1, 0.15) is 11.6 Å². The predicted molar refractivity (Wildman–Crippen MR) is 95.3 cm³/mol. The van der Waals surface area contributed by atoms with Crippen molar-refractivity contribution in [2.24, 2.45) is 0 Å². The maximum atomic E-state index is 13.6. The minimum Gasteiger partial charge on any atom is -0.428 e. The number of rotatable bonds is 5. The number of aliphatic hydroxyl groups is 1. The molecule has 3 aliphatic heterocycles. The van der Waals surface area contributed by atoms with Gasteiger partial charge in [0.05, 0.1) is 5.56 Å². The molecule has 0 saturated carbocycles. The monoisotopic (exact) mass is 394 g/mol.